The standard InChI is InChI=1S/C34H32F5N3O4/c35-29(36)18-45-28-15-27(32(43)44)40-26-8-7-21(14-23(26)28)42-11-9-33(10-12-42)16-19(17-33)13-24-30(41-46-31(24)20-5-6-20)22-3-1-2-4-25(22)34(37,38)39/h1-4,7-8,14-15,19-20,29H,5-6,9-13,16-18H2,(H,43,44). The predicted octanol–water partition coefficient (Wildman–Crippen LogP) is 8.37. The molecule has 3 heterocycles. The van der Waals surface area contributed by atoms with Gasteiger partial charge in [0.1, 0.15) is 23.8 Å². The monoisotopic (exact) mass is 641 g/mol. The van der Waals surface area contributed by atoms with Crippen LogP contribution in [0.25, 0.3) is 22.2 Å². The fourth-order valence-corrected chi connectivity index (χ4v) is 7.34. The molecule has 0 unspecified atom stereocenters. The van der Waals surface area contributed by atoms with E-state index < -0.39 is 30.7 Å². The van der Waals surface area contributed by atoms with E-state index in [-0.39, 0.29) is 28.3 Å². The average molecular weight is 642 g/mol. The van der Waals surface area contributed by atoms with Gasteiger partial charge in [-0.3, -0.25) is 0 Å². The number of fused-ring (bicyclic) bond motifs is 1. The number of nitrogens with zero attached hydrogens (tertiary/aromatic N) is 3. The summed E-state index contributed by atoms with van der Waals surface area (Å²) in [6.07, 6.45) is -0.827. The molecule has 4 aromatic rings. The summed E-state index contributed by atoms with van der Waals surface area (Å²) in [6.45, 7) is 0.691. The Labute approximate surface area is 261 Å². The summed E-state index contributed by atoms with van der Waals surface area (Å²) < 4.78 is 78.3. The summed E-state index contributed by atoms with van der Waals surface area (Å²) in [4.78, 5) is 17.9. The Morgan fingerprint density at radius 3 is 2.50 bits per heavy atom. The molecule has 3 fully saturated rings. The maximum absolute atomic E-state index is 13.9. The molecule has 242 valence electrons. The zero-order valence-electron chi connectivity index (χ0n) is 24.8. The largest absolute Gasteiger partial charge is 0.487 e. The maximum Gasteiger partial charge on any atom is 0.417 e. The van der Waals surface area contributed by atoms with Gasteiger partial charge in [-0.15, -0.1) is 0 Å². The first kappa shape index (κ1) is 30.4. The highest BCUT2D eigenvalue weighted by atomic mass is 19.4. The van der Waals surface area contributed by atoms with Crippen molar-refractivity contribution < 1.29 is 41.1 Å². The first-order valence-electron chi connectivity index (χ1n) is 15.5. The van der Waals surface area contributed by atoms with Crippen molar-refractivity contribution in [3.05, 3.63) is 71.1 Å². The van der Waals surface area contributed by atoms with Gasteiger partial charge in [0.15, 0.2) is 5.69 Å². The van der Waals surface area contributed by atoms with Gasteiger partial charge in [-0.25, -0.2) is 18.6 Å². The number of carbonyl (C=O) groups is 1. The van der Waals surface area contributed by atoms with E-state index in [1.165, 1.54) is 18.2 Å². The number of ether oxygens (including phenoxy) is 1. The van der Waals surface area contributed by atoms with Crippen molar-refractivity contribution in [2.45, 2.75) is 63.5 Å². The van der Waals surface area contributed by atoms with Crippen molar-refractivity contribution in [3.63, 3.8) is 0 Å². The molecule has 2 aliphatic carbocycles. The molecule has 1 aliphatic heterocycles. The van der Waals surface area contributed by atoms with Crippen LogP contribution in [0.4, 0.5) is 27.6 Å². The van der Waals surface area contributed by atoms with Gasteiger partial charge in [-0.1, -0.05) is 23.4 Å². The molecule has 7 nitrogen and oxygen atoms in total. The lowest BCUT2D eigenvalue weighted by Gasteiger charge is -2.53. The second-order valence-electron chi connectivity index (χ2n) is 12.9. The average Bonchev–Trinajstić information content (AvgIpc) is 3.78. The number of aromatic nitrogens is 2. The molecule has 2 saturated carbocycles. The predicted molar refractivity (Wildman–Crippen MR) is 159 cm³/mol. The molecule has 7 rings (SSSR count). The third-order valence-corrected chi connectivity index (χ3v) is 9.72. The smallest absolute Gasteiger partial charge is 0.417 e. The van der Waals surface area contributed by atoms with Crippen LogP contribution in [0, 0.1) is 11.3 Å². The Kier molecular flexibility index (Phi) is 7.64. The van der Waals surface area contributed by atoms with Gasteiger partial charge in [0.25, 0.3) is 6.43 Å². The first-order valence-corrected chi connectivity index (χ1v) is 15.5. The highest BCUT2D eigenvalue weighted by Gasteiger charge is 2.47. The van der Waals surface area contributed by atoms with Crippen LogP contribution in [-0.2, 0) is 12.6 Å². The molecule has 1 N–H and O–H groups in total. The SMILES string of the molecule is O=C(O)c1cc(OCC(F)F)c2cc(N3CCC4(CC3)CC(Cc3c(-c5ccccc5C(F)(F)F)noc3C3CC3)C4)ccc2n1. The van der Waals surface area contributed by atoms with Crippen molar-refractivity contribution in [1.82, 2.24) is 10.1 Å². The van der Waals surface area contributed by atoms with Gasteiger partial charge in [-0.05, 0) is 80.5 Å². The first-order chi connectivity index (χ1) is 22.0. The quantitative estimate of drug-likeness (QED) is 0.184. The number of alkyl halides is 5. The van der Waals surface area contributed by atoms with Crippen LogP contribution in [0.3, 0.4) is 0 Å². The van der Waals surface area contributed by atoms with E-state index in [0.717, 1.165) is 74.7 Å². The van der Waals surface area contributed by atoms with Crippen molar-refractivity contribution in [3.8, 4) is 17.0 Å². The van der Waals surface area contributed by atoms with Gasteiger partial charge >= 0.3 is 12.1 Å². The Morgan fingerprint density at radius 1 is 1.09 bits per heavy atom. The van der Waals surface area contributed by atoms with Crippen LogP contribution in [0.2, 0.25) is 0 Å². The van der Waals surface area contributed by atoms with E-state index in [9.17, 15) is 31.9 Å². The van der Waals surface area contributed by atoms with Crippen molar-refractivity contribution in [2.75, 3.05) is 24.6 Å². The molecule has 3 aliphatic rings. The molecular weight excluding hydrogens is 609 g/mol. The van der Waals surface area contributed by atoms with Gasteiger partial charge < -0.3 is 19.3 Å². The molecule has 1 saturated heterocycles. The third-order valence-electron chi connectivity index (χ3n) is 9.72. The number of rotatable bonds is 9. The Hall–Kier alpha value is -4.22. The number of halogens is 5. The molecule has 2 aromatic carbocycles. The fourth-order valence-electron chi connectivity index (χ4n) is 7.34. The van der Waals surface area contributed by atoms with E-state index in [1.54, 1.807) is 12.1 Å². The van der Waals surface area contributed by atoms with Crippen molar-refractivity contribution in [2.24, 2.45) is 11.3 Å². The normalized spacial score (nSPS) is 18.3. The van der Waals surface area contributed by atoms with Crippen molar-refractivity contribution >= 4 is 22.6 Å². The van der Waals surface area contributed by atoms with Gasteiger partial charge in [0, 0.05) is 47.3 Å². The molecule has 2 aromatic heterocycles. The Morgan fingerprint density at radius 2 is 1.83 bits per heavy atom. The maximum atomic E-state index is 13.9. The van der Waals surface area contributed by atoms with Crippen LogP contribution in [0.5, 0.6) is 5.75 Å². The Bertz CT molecular complexity index is 1770. The molecule has 1 spiro atoms. The van der Waals surface area contributed by atoms with Crippen LogP contribution < -0.4 is 9.64 Å². The summed E-state index contributed by atoms with van der Waals surface area (Å²) in [6, 6.07) is 12.1. The minimum absolute atomic E-state index is 0.0522. The Balaban J connectivity index is 1.05. The minimum atomic E-state index is -4.50. The molecule has 0 radical (unpaired) electrons. The highest BCUT2D eigenvalue weighted by Crippen LogP contribution is 2.55. The summed E-state index contributed by atoms with van der Waals surface area (Å²) in [5, 5.41) is 14.0. The van der Waals surface area contributed by atoms with Gasteiger partial charge in [0.2, 0.25) is 0 Å². The van der Waals surface area contributed by atoms with E-state index >= 15 is 0 Å². The second kappa shape index (κ2) is 11.5. The number of carboxylic acids is 1. The summed E-state index contributed by atoms with van der Waals surface area (Å²) in [5.41, 5.74) is 1.58. The lowest BCUT2D eigenvalue weighted by molar-refractivity contribution is -0.137. The molecule has 46 heavy (non-hydrogen) atoms. The summed E-state index contributed by atoms with van der Waals surface area (Å²) in [7, 11) is 0. The minimum Gasteiger partial charge on any atom is -0.487 e. The van der Waals surface area contributed by atoms with Gasteiger partial charge in [0.05, 0.1) is 11.1 Å². The zero-order chi connectivity index (χ0) is 32.2. The molecular formula is C34H32F5N3O4. The van der Waals surface area contributed by atoms with Crippen LogP contribution in [-0.4, -0.2) is 47.3 Å². The fraction of sp³-hybridized carbons (Fsp3) is 0.441. The number of benzene rings is 2. The van der Waals surface area contributed by atoms with Crippen LogP contribution >= 0.6 is 0 Å². The van der Waals surface area contributed by atoms with E-state index in [2.05, 4.69) is 15.0 Å². The summed E-state index contributed by atoms with van der Waals surface area (Å²) >= 11 is 0. The number of anilines is 1. The lowest BCUT2D eigenvalue weighted by atomic mass is 9.56. The molecule has 0 atom stereocenters. The molecule has 12 heteroatoms. The molecule has 0 amide bonds. The topological polar surface area (TPSA) is 88.7 Å². The zero-order valence-corrected chi connectivity index (χ0v) is 24.8. The van der Waals surface area contributed by atoms with Crippen molar-refractivity contribution in [1.29, 1.82) is 0 Å². The number of pyridine rings is 1. The second-order valence-corrected chi connectivity index (χ2v) is 12.9. The molecule has 0 bridgehead atoms. The highest BCUT2D eigenvalue weighted by molar-refractivity contribution is 5.94. The number of piperidine rings is 1. The number of carboxylic acid groups (broad SMARTS) is 1. The third kappa shape index (κ3) is 5.89. The number of hydrogen-bond donors (Lipinski definition) is 1. The van der Waals surface area contributed by atoms with Crippen LogP contribution in [0.15, 0.2) is 53.1 Å². The lowest BCUT2D eigenvalue weighted by Crippen LogP contribution is -2.47. The van der Waals surface area contributed by atoms with Gasteiger partial charge in [-0.2, -0.15) is 13.2 Å². The summed E-state index contributed by atoms with van der Waals surface area (Å²) in [5.74, 6) is 0.0613. The van der Waals surface area contributed by atoms with E-state index in [4.69, 9.17) is 9.26 Å². The van der Waals surface area contributed by atoms with Crippen LogP contribution in [0.1, 0.15) is 71.8 Å². The number of hydrogen-bond acceptors (Lipinski definition) is 6. The van der Waals surface area contributed by atoms with E-state index in [1.807, 2.05) is 12.1 Å². The van der Waals surface area contributed by atoms with E-state index in [0.29, 0.717) is 28.9 Å². The number of aromatic carboxylic acids is 1.